The lowest BCUT2D eigenvalue weighted by Crippen LogP contribution is -2.27. The van der Waals surface area contributed by atoms with Gasteiger partial charge in [-0.05, 0) is 149 Å². The van der Waals surface area contributed by atoms with Crippen LogP contribution in [0.15, 0.2) is 34.3 Å². The van der Waals surface area contributed by atoms with Gasteiger partial charge in [-0.3, -0.25) is 9.98 Å². The zero-order chi connectivity index (χ0) is 33.7. The molecule has 0 aromatic heterocycles. The molecule has 0 unspecified atom stereocenters. The molecule has 2 atom stereocenters. The molecule has 1 fully saturated rings. The summed E-state index contributed by atoms with van der Waals surface area (Å²) in [7, 11) is 0. The molecule has 0 radical (unpaired) electrons. The highest BCUT2D eigenvalue weighted by Crippen LogP contribution is 2.39. The summed E-state index contributed by atoms with van der Waals surface area (Å²) in [4.78, 5) is 10.1. The summed E-state index contributed by atoms with van der Waals surface area (Å²) in [6.45, 7) is 11.1. The minimum atomic E-state index is -0.0726. The molecule has 8 heteroatoms. The van der Waals surface area contributed by atoms with E-state index in [2.05, 4.69) is 38.1 Å². The zero-order valence-corrected chi connectivity index (χ0v) is 29.0. The Hall–Kier alpha value is -2.78. The Morgan fingerprint density at radius 2 is 0.957 bits per heavy atom. The fraction of sp³-hybridized carbons (Fsp3) is 0.632. The number of hydrogen-bond acceptors (Lipinski definition) is 8. The second kappa shape index (κ2) is 17.9. The van der Waals surface area contributed by atoms with E-state index in [9.17, 15) is 10.2 Å². The molecule has 3 rings (SSSR count). The molecule has 8 nitrogen and oxygen atoms in total. The molecule has 0 bridgehead atoms. The predicted molar refractivity (Wildman–Crippen MR) is 195 cm³/mol. The van der Waals surface area contributed by atoms with E-state index < -0.39 is 0 Å². The lowest BCUT2D eigenvalue weighted by atomic mass is 9.74. The number of aromatic hydroxyl groups is 2. The number of phenolic OH excluding ortho intramolecular Hbond substituents is 2. The van der Waals surface area contributed by atoms with Crippen molar-refractivity contribution in [3.05, 3.63) is 57.6 Å². The van der Waals surface area contributed by atoms with Gasteiger partial charge in [0, 0.05) is 23.6 Å². The Morgan fingerprint density at radius 3 is 1.26 bits per heavy atom. The van der Waals surface area contributed by atoms with Gasteiger partial charge in [0.15, 0.2) is 0 Å². The maximum atomic E-state index is 11.0. The van der Waals surface area contributed by atoms with Gasteiger partial charge in [-0.15, -0.1) is 0 Å². The molecule has 1 saturated carbocycles. The normalized spacial score (nSPS) is 17.8. The molecule has 0 aliphatic heterocycles. The van der Waals surface area contributed by atoms with Crippen molar-refractivity contribution in [3.63, 3.8) is 0 Å². The Morgan fingerprint density at radius 1 is 0.630 bits per heavy atom. The first-order valence-corrected chi connectivity index (χ1v) is 17.6. The lowest BCUT2D eigenvalue weighted by molar-refractivity contribution is 0.381. The highest BCUT2D eigenvalue weighted by Gasteiger charge is 2.29. The molecule has 0 heterocycles. The molecule has 2 aromatic carbocycles. The quantitative estimate of drug-likeness (QED) is 0.109. The second-order valence-electron chi connectivity index (χ2n) is 14.1. The third-order valence-corrected chi connectivity index (χ3v) is 10.3. The molecule has 0 spiro atoms. The van der Waals surface area contributed by atoms with Gasteiger partial charge in [-0.25, -0.2) is 0 Å². The Bertz CT molecular complexity index is 1190. The monoisotopic (exact) mass is 634 g/mol. The van der Waals surface area contributed by atoms with Gasteiger partial charge < -0.3 is 33.1 Å². The highest BCUT2D eigenvalue weighted by molar-refractivity contribution is 5.86. The number of hydrogen-bond donors (Lipinski definition) is 6. The van der Waals surface area contributed by atoms with Crippen molar-refractivity contribution in [3.8, 4) is 11.5 Å². The number of aryl methyl sites for hydroxylation is 2. The minimum absolute atomic E-state index is 0.0000212. The van der Waals surface area contributed by atoms with E-state index >= 15 is 0 Å². The molecule has 1 aliphatic rings. The van der Waals surface area contributed by atoms with Crippen molar-refractivity contribution in [2.45, 2.75) is 128 Å². The highest BCUT2D eigenvalue weighted by atomic mass is 16.3. The van der Waals surface area contributed by atoms with Crippen LogP contribution >= 0.6 is 0 Å². The molecular weight excluding hydrogens is 572 g/mol. The van der Waals surface area contributed by atoms with Crippen LogP contribution in [0.3, 0.4) is 0 Å². The van der Waals surface area contributed by atoms with Gasteiger partial charge in [0.25, 0.3) is 0 Å². The van der Waals surface area contributed by atoms with Crippen LogP contribution in [0, 0.1) is 13.8 Å². The van der Waals surface area contributed by atoms with Gasteiger partial charge >= 0.3 is 0 Å². The topological polar surface area (TPSA) is 169 Å². The van der Waals surface area contributed by atoms with E-state index in [1.54, 1.807) is 0 Å². The van der Waals surface area contributed by atoms with E-state index in [4.69, 9.17) is 32.9 Å². The van der Waals surface area contributed by atoms with Crippen LogP contribution in [0.5, 0.6) is 11.5 Å². The third-order valence-electron chi connectivity index (χ3n) is 10.3. The fourth-order valence-corrected chi connectivity index (χ4v) is 7.10. The van der Waals surface area contributed by atoms with Crippen LogP contribution in [-0.4, -0.2) is 60.9 Å². The molecule has 256 valence electrons. The lowest BCUT2D eigenvalue weighted by Gasteiger charge is -2.31. The largest absolute Gasteiger partial charge is 0.507 e. The van der Waals surface area contributed by atoms with Crippen molar-refractivity contribution in [2.75, 3.05) is 26.2 Å². The number of aliphatic imine (C=N–C) groups is 2. The van der Waals surface area contributed by atoms with Crippen LogP contribution in [-0.2, 0) is 10.8 Å². The summed E-state index contributed by atoms with van der Waals surface area (Å²) in [5, 5.41) is 22.1. The van der Waals surface area contributed by atoms with Crippen molar-refractivity contribution in [1.29, 1.82) is 0 Å². The van der Waals surface area contributed by atoms with Gasteiger partial charge in [-0.1, -0.05) is 38.8 Å². The third kappa shape index (κ3) is 9.86. The minimum Gasteiger partial charge on any atom is -0.507 e. The van der Waals surface area contributed by atoms with E-state index in [0.29, 0.717) is 26.2 Å². The van der Waals surface area contributed by atoms with E-state index in [1.165, 1.54) is 11.1 Å². The van der Waals surface area contributed by atoms with E-state index in [-0.39, 0.29) is 34.4 Å². The molecule has 10 N–H and O–H groups in total. The summed E-state index contributed by atoms with van der Waals surface area (Å²) in [5.74, 6) is 0.542. The summed E-state index contributed by atoms with van der Waals surface area (Å²) in [5.41, 5.74) is 29.0. The number of nitrogens with two attached hydrogens (primary N) is 4. The Balaban J connectivity index is 1.91. The second-order valence-corrected chi connectivity index (χ2v) is 14.1. The number of rotatable bonds is 18. The first kappa shape index (κ1) is 37.7. The summed E-state index contributed by atoms with van der Waals surface area (Å²) in [6, 6.07) is 8.40. The van der Waals surface area contributed by atoms with E-state index in [0.717, 1.165) is 99.3 Å². The van der Waals surface area contributed by atoms with Gasteiger partial charge in [0.1, 0.15) is 11.5 Å². The molecule has 1 aliphatic carbocycles. The maximum Gasteiger partial charge on any atom is 0.127 e. The van der Waals surface area contributed by atoms with Crippen molar-refractivity contribution < 1.29 is 10.2 Å². The molecule has 0 saturated heterocycles. The number of nitrogens with zero attached hydrogens (tertiary/aromatic N) is 2. The average molecular weight is 635 g/mol. The molecule has 2 aromatic rings. The maximum absolute atomic E-state index is 11.0. The molecule has 0 amide bonds. The smallest absolute Gasteiger partial charge is 0.127 e. The van der Waals surface area contributed by atoms with Crippen LogP contribution in [0.4, 0.5) is 0 Å². The van der Waals surface area contributed by atoms with Crippen molar-refractivity contribution in [1.82, 2.24) is 0 Å². The van der Waals surface area contributed by atoms with Crippen LogP contribution in [0.2, 0.25) is 0 Å². The van der Waals surface area contributed by atoms with Gasteiger partial charge in [0.2, 0.25) is 0 Å². The van der Waals surface area contributed by atoms with Crippen LogP contribution in [0.25, 0.3) is 0 Å². The standard InChI is InChI=1S/C38H62N6O2/c1-27-21-31(37(3,13-7-17-39)14-8-18-40)23-29(35(27)45)25-43-33-11-5-6-12-34(33)44-26-30-24-32(22-28(2)36(30)46)38(4,15-9-19-41)16-10-20-42/h21-26,33-34,45-46H,5-20,39-42H2,1-4H3/b43-25+,44-26+/t33-,34-/m1/s1. The first-order chi connectivity index (χ1) is 22.0. The molecule has 46 heavy (non-hydrogen) atoms. The van der Waals surface area contributed by atoms with Crippen molar-refractivity contribution >= 4 is 12.4 Å². The zero-order valence-electron chi connectivity index (χ0n) is 29.0. The summed E-state index contributed by atoms with van der Waals surface area (Å²) >= 11 is 0. The number of benzene rings is 2. The van der Waals surface area contributed by atoms with Gasteiger partial charge in [0.05, 0.1) is 12.1 Å². The average Bonchev–Trinajstić information content (AvgIpc) is 3.05. The fourth-order valence-electron chi connectivity index (χ4n) is 7.10. The predicted octanol–water partition coefficient (Wildman–Crippen LogP) is 6.03. The number of phenols is 2. The van der Waals surface area contributed by atoms with Crippen LogP contribution in [0.1, 0.15) is 124 Å². The van der Waals surface area contributed by atoms with Crippen LogP contribution < -0.4 is 22.9 Å². The Kier molecular flexibility index (Phi) is 14.7. The SMILES string of the molecule is Cc1cc(C(C)(CCCN)CCCN)cc(/C=N/[C@@H]2CCCC[C@H]2/N=C/c2cc(C(C)(CCCN)CCCN)cc(C)c2O)c1O. The van der Waals surface area contributed by atoms with E-state index in [1.807, 2.05) is 26.3 Å². The molecular formula is C38H62N6O2. The summed E-state index contributed by atoms with van der Waals surface area (Å²) in [6.07, 6.45) is 15.4. The summed E-state index contributed by atoms with van der Waals surface area (Å²) < 4.78 is 0. The first-order valence-electron chi connectivity index (χ1n) is 17.6. The Labute approximate surface area is 278 Å². The van der Waals surface area contributed by atoms with Crippen molar-refractivity contribution in [2.24, 2.45) is 32.9 Å². The van der Waals surface area contributed by atoms with Gasteiger partial charge in [-0.2, -0.15) is 0 Å².